The van der Waals surface area contributed by atoms with E-state index in [2.05, 4.69) is 9.97 Å². The van der Waals surface area contributed by atoms with Crippen molar-refractivity contribution in [1.29, 1.82) is 0 Å². The molecule has 2 N–H and O–H groups in total. The lowest BCUT2D eigenvalue weighted by Crippen LogP contribution is -2.42. The van der Waals surface area contributed by atoms with Crippen LogP contribution in [0.4, 0.5) is 38.1 Å². The summed E-state index contributed by atoms with van der Waals surface area (Å²) in [4.78, 5) is 33.7. The highest BCUT2D eigenvalue weighted by Gasteiger charge is 2.43. The maximum atomic E-state index is 14.5. The van der Waals surface area contributed by atoms with E-state index in [4.69, 9.17) is 0 Å². The second-order valence-electron chi connectivity index (χ2n) is 8.33. The molecule has 0 amide bonds. The van der Waals surface area contributed by atoms with Crippen LogP contribution in [0.5, 0.6) is 0 Å². The van der Waals surface area contributed by atoms with Crippen LogP contribution in [0.15, 0.2) is 35.3 Å². The van der Waals surface area contributed by atoms with Crippen molar-refractivity contribution in [2.45, 2.75) is 31.0 Å². The number of fused-ring (bicyclic) bond motifs is 1. The second-order valence-corrected chi connectivity index (χ2v) is 8.33. The number of nitrogens with zero attached hydrogens (tertiary/aromatic N) is 4. The number of nitrogens with one attached hydrogen (secondary N) is 1. The summed E-state index contributed by atoms with van der Waals surface area (Å²) < 4.78 is 85.4. The summed E-state index contributed by atoms with van der Waals surface area (Å²) in [5, 5.41) is 10.9. The van der Waals surface area contributed by atoms with E-state index in [1.54, 1.807) is 0 Å². The number of piperidine rings is 1. The topological polar surface area (TPSA) is 100 Å². The summed E-state index contributed by atoms with van der Waals surface area (Å²) in [6.45, 7) is -0.404. The van der Waals surface area contributed by atoms with E-state index in [-0.39, 0.29) is 19.0 Å². The molecule has 1 saturated heterocycles. The first-order valence-electron chi connectivity index (χ1n) is 10.6. The fourth-order valence-corrected chi connectivity index (χ4v) is 4.06. The number of carboxylic acids is 1. The van der Waals surface area contributed by atoms with Gasteiger partial charge in [0.2, 0.25) is 5.95 Å². The number of aromatic carboxylic acids is 1. The Hall–Kier alpha value is -3.84. The monoisotopic (exact) mass is 515 g/mol. The van der Waals surface area contributed by atoms with E-state index in [9.17, 15) is 41.0 Å². The molecule has 1 aliphatic rings. The van der Waals surface area contributed by atoms with Crippen LogP contribution < -0.4 is 15.8 Å². The molecule has 2 aromatic heterocycles. The van der Waals surface area contributed by atoms with Gasteiger partial charge in [0, 0.05) is 44.7 Å². The molecule has 1 atom stereocenters. The summed E-state index contributed by atoms with van der Waals surface area (Å²) in [5.74, 6) is -6.41. The largest absolute Gasteiger partial charge is 0.478 e. The van der Waals surface area contributed by atoms with Gasteiger partial charge in [-0.05, 0) is 24.3 Å². The predicted molar refractivity (Wildman–Crippen MR) is 117 cm³/mol. The molecular formula is C22H19F6N5O3. The summed E-state index contributed by atoms with van der Waals surface area (Å²) in [6, 6.07) is 0.819. The standard InChI is InChI=1S/C22H19F6N5O3/c1-32-18(34)14-10-11(23)9-13(15(14)30-20(32)33-7-4-21(24,25)5-8-33)16(22(26,27)28)31-17-12(19(35)36)3-2-6-29-17/h2-3,6,9-10,16H,4-5,7-8H2,1H3,(H,29,31)(H,35,36). The zero-order chi connectivity index (χ0) is 26.4. The van der Waals surface area contributed by atoms with Crippen LogP contribution in [-0.4, -0.2) is 50.8 Å². The molecule has 36 heavy (non-hydrogen) atoms. The summed E-state index contributed by atoms with van der Waals surface area (Å²) in [6.07, 6.45) is -5.11. The molecule has 14 heteroatoms. The van der Waals surface area contributed by atoms with Crippen LogP contribution in [0, 0.1) is 5.82 Å². The number of hydrogen-bond acceptors (Lipinski definition) is 6. The zero-order valence-electron chi connectivity index (χ0n) is 18.6. The Morgan fingerprint density at radius 3 is 2.50 bits per heavy atom. The molecule has 192 valence electrons. The molecule has 4 rings (SSSR count). The van der Waals surface area contributed by atoms with Gasteiger partial charge >= 0.3 is 12.1 Å². The van der Waals surface area contributed by atoms with Crippen molar-refractivity contribution in [2.75, 3.05) is 23.3 Å². The molecule has 0 saturated carbocycles. The molecule has 1 fully saturated rings. The molecule has 1 aromatic carbocycles. The highest BCUT2D eigenvalue weighted by Crippen LogP contribution is 2.39. The van der Waals surface area contributed by atoms with Crippen molar-refractivity contribution in [2.24, 2.45) is 7.05 Å². The summed E-state index contributed by atoms with van der Waals surface area (Å²) >= 11 is 0. The van der Waals surface area contributed by atoms with Gasteiger partial charge in [0.25, 0.3) is 11.5 Å². The molecule has 0 spiro atoms. The Balaban J connectivity index is 1.90. The number of anilines is 2. The van der Waals surface area contributed by atoms with Gasteiger partial charge in [0.15, 0.2) is 6.04 Å². The first-order chi connectivity index (χ1) is 16.8. The van der Waals surface area contributed by atoms with Crippen molar-refractivity contribution in [3.05, 3.63) is 57.8 Å². The predicted octanol–water partition coefficient (Wildman–Crippen LogP) is 4.12. The smallest absolute Gasteiger partial charge is 0.412 e. The Labute approximate surface area is 199 Å². The molecular weight excluding hydrogens is 496 g/mol. The number of carboxylic acid groups (broad SMARTS) is 1. The van der Waals surface area contributed by atoms with Gasteiger partial charge < -0.3 is 15.3 Å². The number of pyridine rings is 1. The van der Waals surface area contributed by atoms with Gasteiger partial charge in [-0.2, -0.15) is 13.2 Å². The van der Waals surface area contributed by atoms with Crippen LogP contribution in [0.1, 0.15) is 34.8 Å². The fraction of sp³-hybridized carbons (Fsp3) is 0.364. The van der Waals surface area contributed by atoms with Gasteiger partial charge in [-0.3, -0.25) is 9.36 Å². The zero-order valence-corrected chi connectivity index (χ0v) is 18.6. The lowest BCUT2D eigenvalue weighted by Gasteiger charge is -2.33. The molecule has 3 aromatic rings. The van der Waals surface area contributed by atoms with Crippen molar-refractivity contribution >= 4 is 28.6 Å². The molecule has 0 aliphatic carbocycles. The minimum Gasteiger partial charge on any atom is -0.478 e. The quantitative estimate of drug-likeness (QED) is 0.494. The number of hydrogen-bond donors (Lipinski definition) is 2. The first-order valence-corrected chi connectivity index (χ1v) is 10.6. The Bertz CT molecular complexity index is 1380. The number of carbonyl (C=O) groups is 1. The molecule has 8 nitrogen and oxygen atoms in total. The fourth-order valence-electron chi connectivity index (χ4n) is 4.06. The van der Waals surface area contributed by atoms with E-state index in [0.29, 0.717) is 6.07 Å². The lowest BCUT2D eigenvalue weighted by molar-refractivity contribution is -0.143. The van der Waals surface area contributed by atoms with E-state index in [0.717, 1.165) is 22.9 Å². The SMILES string of the molecule is Cn1c(N2CCC(F)(F)CC2)nc2c(C(Nc3ncccc3C(=O)O)C(F)(F)F)cc(F)cc2c1=O. The molecule has 1 aliphatic heterocycles. The highest BCUT2D eigenvalue weighted by atomic mass is 19.4. The number of aromatic nitrogens is 3. The minimum absolute atomic E-state index is 0.152. The number of benzene rings is 1. The molecule has 1 unspecified atom stereocenters. The Kier molecular flexibility index (Phi) is 6.31. The van der Waals surface area contributed by atoms with Crippen molar-refractivity contribution < 1.29 is 36.2 Å². The van der Waals surface area contributed by atoms with Crippen molar-refractivity contribution in [1.82, 2.24) is 14.5 Å². The van der Waals surface area contributed by atoms with Gasteiger partial charge in [-0.25, -0.2) is 27.9 Å². The highest BCUT2D eigenvalue weighted by molar-refractivity contribution is 5.93. The number of alkyl halides is 5. The minimum atomic E-state index is -5.11. The van der Waals surface area contributed by atoms with Crippen molar-refractivity contribution in [3.8, 4) is 0 Å². The first kappa shape index (κ1) is 25.3. The average molecular weight is 515 g/mol. The van der Waals surface area contributed by atoms with E-state index < -0.39 is 76.2 Å². The number of halogens is 6. The Morgan fingerprint density at radius 1 is 1.22 bits per heavy atom. The van der Waals surface area contributed by atoms with Gasteiger partial charge in [-0.15, -0.1) is 0 Å². The third kappa shape index (κ3) is 4.79. The summed E-state index contributed by atoms with van der Waals surface area (Å²) in [7, 11) is 1.26. The van der Waals surface area contributed by atoms with Gasteiger partial charge in [0.05, 0.1) is 10.9 Å². The van der Waals surface area contributed by atoms with Gasteiger partial charge in [0.1, 0.15) is 17.2 Å². The van der Waals surface area contributed by atoms with E-state index in [1.165, 1.54) is 18.0 Å². The van der Waals surface area contributed by atoms with Gasteiger partial charge in [-0.1, -0.05) is 0 Å². The maximum Gasteiger partial charge on any atom is 0.412 e. The summed E-state index contributed by atoms with van der Waals surface area (Å²) in [5.41, 5.74) is -2.74. The number of rotatable bonds is 5. The lowest BCUT2D eigenvalue weighted by atomic mass is 10.0. The van der Waals surface area contributed by atoms with Crippen LogP contribution in [0.2, 0.25) is 0 Å². The van der Waals surface area contributed by atoms with Crippen LogP contribution in [0.3, 0.4) is 0 Å². The van der Waals surface area contributed by atoms with E-state index >= 15 is 0 Å². The molecule has 0 radical (unpaired) electrons. The third-order valence-corrected chi connectivity index (χ3v) is 5.89. The Morgan fingerprint density at radius 2 is 1.89 bits per heavy atom. The second kappa shape index (κ2) is 8.99. The van der Waals surface area contributed by atoms with E-state index in [1.807, 2.05) is 5.32 Å². The third-order valence-electron chi connectivity index (χ3n) is 5.89. The maximum absolute atomic E-state index is 14.5. The van der Waals surface area contributed by atoms with Crippen LogP contribution in [0.25, 0.3) is 10.9 Å². The molecule has 3 heterocycles. The molecule has 0 bridgehead atoms. The normalized spacial score (nSPS) is 16.7. The van der Waals surface area contributed by atoms with Crippen LogP contribution in [-0.2, 0) is 7.05 Å². The van der Waals surface area contributed by atoms with Crippen LogP contribution >= 0.6 is 0 Å². The van der Waals surface area contributed by atoms with Crippen molar-refractivity contribution in [3.63, 3.8) is 0 Å². The average Bonchev–Trinajstić information content (AvgIpc) is 2.79.